The summed E-state index contributed by atoms with van der Waals surface area (Å²) in [5.41, 5.74) is 2.70. The maximum atomic E-state index is 13.1. The van der Waals surface area contributed by atoms with Crippen molar-refractivity contribution in [3.05, 3.63) is 91.3 Å². The average molecular weight is 577 g/mol. The third-order valence-electron chi connectivity index (χ3n) is 4.65. The predicted octanol–water partition coefficient (Wildman–Crippen LogP) is 6.53. The molecule has 0 saturated carbocycles. The molecule has 8 heteroatoms. The summed E-state index contributed by atoms with van der Waals surface area (Å²) in [6.07, 6.45) is 1.47. The molecule has 0 spiro atoms. The number of nitrogens with zero attached hydrogens (tertiary/aromatic N) is 1. The Labute approximate surface area is 209 Å². The Morgan fingerprint density at radius 1 is 1.21 bits per heavy atom. The summed E-state index contributed by atoms with van der Waals surface area (Å²) in [4.78, 5) is 12.6. The van der Waals surface area contributed by atoms with Crippen molar-refractivity contribution in [3.63, 3.8) is 0 Å². The van der Waals surface area contributed by atoms with E-state index in [2.05, 4.69) is 27.9 Å². The first-order valence-corrected chi connectivity index (χ1v) is 11.2. The van der Waals surface area contributed by atoms with Crippen molar-refractivity contribution in [2.75, 3.05) is 12.4 Å². The van der Waals surface area contributed by atoms with E-state index in [4.69, 9.17) is 21.1 Å². The van der Waals surface area contributed by atoms with Crippen molar-refractivity contribution in [2.24, 2.45) is 0 Å². The van der Waals surface area contributed by atoms with Crippen LogP contribution in [-0.4, -0.2) is 13.0 Å². The van der Waals surface area contributed by atoms with Crippen LogP contribution in [-0.2, 0) is 11.4 Å². The van der Waals surface area contributed by atoms with Crippen LogP contribution in [0.3, 0.4) is 0 Å². The first-order chi connectivity index (χ1) is 15.8. The summed E-state index contributed by atoms with van der Waals surface area (Å²) in [5.74, 6) is 0.0861. The van der Waals surface area contributed by atoms with E-state index < -0.39 is 5.91 Å². The molecule has 0 bridgehead atoms. The molecule has 5 nitrogen and oxygen atoms in total. The molecule has 0 atom stereocenters. The molecule has 0 aliphatic carbocycles. The van der Waals surface area contributed by atoms with Gasteiger partial charge in [-0.1, -0.05) is 29.8 Å². The van der Waals surface area contributed by atoms with Gasteiger partial charge in [-0.15, -0.1) is 0 Å². The van der Waals surface area contributed by atoms with E-state index in [1.807, 2.05) is 13.0 Å². The van der Waals surface area contributed by atoms with E-state index >= 15 is 0 Å². The second kappa shape index (κ2) is 11.2. The lowest BCUT2D eigenvalue weighted by Crippen LogP contribution is -2.13. The molecule has 1 N–H and O–H groups in total. The standard InChI is InChI=1S/C25H19ClFIN2O3/c1-15-3-8-20(12-21(15)26)30-25(31)18(13-29)9-17-10-22(28)24(23(11-17)32-2)33-14-16-4-6-19(27)7-5-16/h3-12H,14H2,1-2H3,(H,30,31)/b18-9-. The van der Waals surface area contributed by atoms with Crippen LogP contribution in [0.25, 0.3) is 6.08 Å². The smallest absolute Gasteiger partial charge is 0.266 e. The fourth-order valence-electron chi connectivity index (χ4n) is 2.88. The highest BCUT2D eigenvalue weighted by molar-refractivity contribution is 14.1. The van der Waals surface area contributed by atoms with E-state index in [0.717, 1.165) is 14.7 Å². The van der Waals surface area contributed by atoms with Crippen LogP contribution in [0.1, 0.15) is 16.7 Å². The van der Waals surface area contributed by atoms with Crippen molar-refractivity contribution in [1.29, 1.82) is 5.26 Å². The SMILES string of the molecule is COc1cc(/C=C(/C#N)C(=O)Nc2ccc(C)c(Cl)c2)cc(I)c1OCc1ccc(F)cc1. The molecule has 0 aliphatic heterocycles. The van der Waals surface area contributed by atoms with Gasteiger partial charge >= 0.3 is 0 Å². The highest BCUT2D eigenvalue weighted by atomic mass is 127. The van der Waals surface area contributed by atoms with E-state index in [0.29, 0.717) is 27.8 Å². The highest BCUT2D eigenvalue weighted by Crippen LogP contribution is 2.35. The largest absolute Gasteiger partial charge is 0.493 e. The lowest BCUT2D eigenvalue weighted by Gasteiger charge is -2.14. The maximum absolute atomic E-state index is 13.1. The molecule has 33 heavy (non-hydrogen) atoms. The quantitative estimate of drug-likeness (QED) is 0.197. The number of rotatable bonds is 7. The van der Waals surface area contributed by atoms with Crippen LogP contribution in [0.15, 0.2) is 60.2 Å². The van der Waals surface area contributed by atoms with Gasteiger partial charge in [-0.25, -0.2) is 4.39 Å². The van der Waals surface area contributed by atoms with Crippen molar-refractivity contribution in [1.82, 2.24) is 0 Å². The predicted molar refractivity (Wildman–Crippen MR) is 135 cm³/mol. The van der Waals surface area contributed by atoms with Gasteiger partial charge in [-0.2, -0.15) is 5.26 Å². The molecule has 0 radical (unpaired) electrons. The Morgan fingerprint density at radius 2 is 1.94 bits per heavy atom. The third kappa shape index (κ3) is 6.46. The number of methoxy groups -OCH3 is 1. The first kappa shape index (κ1) is 24.6. The molecular formula is C25H19ClFIN2O3. The number of nitriles is 1. The molecule has 0 heterocycles. The van der Waals surface area contributed by atoms with Crippen LogP contribution >= 0.6 is 34.2 Å². The molecule has 3 aromatic carbocycles. The minimum atomic E-state index is -0.553. The normalized spacial score (nSPS) is 11.0. The van der Waals surface area contributed by atoms with Crippen LogP contribution in [0.2, 0.25) is 5.02 Å². The van der Waals surface area contributed by atoms with Gasteiger partial charge in [-0.3, -0.25) is 4.79 Å². The van der Waals surface area contributed by atoms with Gasteiger partial charge in [0, 0.05) is 10.7 Å². The van der Waals surface area contributed by atoms with Gasteiger partial charge in [0.1, 0.15) is 24.1 Å². The first-order valence-electron chi connectivity index (χ1n) is 9.74. The number of nitrogens with one attached hydrogen (secondary N) is 1. The number of amides is 1. The van der Waals surface area contributed by atoms with Gasteiger partial charge in [0.05, 0.1) is 10.7 Å². The molecule has 0 unspecified atom stereocenters. The number of halogens is 3. The fourth-order valence-corrected chi connectivity index (χ4v) is 3.85. The monoisotopic (exact) mass is 576 g/mol. The number of carbonyl (C=O) groups excluding carboxylic acids is 1. The second-order valence-electron chi connectivity index (χ2n) is 7.04. The van der Waals surface area contributed by atoms with Crippen LogP contribution in [0.5, 0.6) is 11.5 Å². The number of hydrogen-bond acceptors (Lipinski definition) is 4. The molecule has 0 aliphatic rings. The number of aryl methyl sites for hydroxylation is 1. The van der Waals surface area contributed by atoms with Crippen LogP contribution in [0, 0.1) is 27.6 Å². The molecule has 3 rings (SSSR count). The minimum Gasteiger partial charge on any atom is -0.493 e. The lowest BCUT2D eigenvalue weighted by molar-refractivity contribution is -0.112. The number of ether oxygens (including phenoxy) is 2. The lowest BCUT2D eigenvalue weighted by atomic mass is 10.1. The Kier molecular flexibility index (Phi) is 8.31. The number of anilines is 1. The zero-order chi connectivity index (χ0) is 24.0. The summed E-state index contributed by atoms with van der Waals surface area (Å²) in [7, 11) is 1.50. The average Bonchev–Trinajstić information content (AvgIpc) is 2.79. The van der Waals surface area contributed by atoms with E-state index in [-0.39, 0.29) is 18.0 Å². The van der Waals surface area contributed by atoms with E-state index in [1.165, 1.54) is 25.3 Å². The maximum Gasteiger partial charge on any atom is 0.266 e. The van der Waals surface area contributed by atoms with Crippen LogP contribution < -0.4 is 14.8 Å². The summed E-state index contributed by atoms with van der Waals surface area (Å²) in [6, 6.07) is 16.5. The van der Waals surface area contributed by atoms with E-state index in [9.17, 15) is 14.4 Å². The van der Waals surface area contributed by atoms with Gasteiger partial charge in [-0.05, 0) is 88.7 Å². The molecule has 3 aromatic rings. The minimum absolute atomic E-state index is 0.0791. The van der Waals surface area contributed by atoms with Gasteiger partial charge in [0.2, 0.25) is 0 Å². The van der Waals surface area contributed by atoms with Gasteiger partial charge in [0.25, 0.3) is 5.91 Å². The number of benzene rings is 3. The number of hydrogen-bond donors (Lipinski definition) is 1. The zero-order valence-corrected chi connectivity index (χ0v) is 20.7. The summed E-state index contributed by atoms with van der Waals surface area (Å²) >= 11 is 8.20. The number of carbonyl (C=O) groups is 1. The molecular weight excluding hydrogens is 558 g/mol. The van der Waals surface area contributed by atoms with Crippen LogP contribution in [0.4, 0.5) is 10.1 Å². The van der Waals surface area contributed by atoms with E-state index in [1.54, 1.807) is 42.5 Å². The Morgan fingerprint density at radius 3 is 2.58 bits per heavy atom. The molecule has 168 valence electrons. The second-order valence-corrected chi connectivity index (χ2v) is 8.61. The Hall–Kier alpha value is -3.09. The molecule has 1 amide bonds. The van der Waals surface area contributed by atoms with Crippen molar-refractivity contribution in [3.8, 4) is 17.6 Å². The van der Waals surface area contributed by atoms with Crippen molar-refractivity contribution < 1.29 is 18.7 Å². The molecule has 0 saturated heterocycles. The zero-order valence-electron chi connectivity index (χ0n) is 17.8. The summed E-state index contributed by atoms with van der Waals surface area (Å²) in [5, 5.41) is 12.7. The summed E-state index contributed by atoms with van der Waals surface area (Å²) in [6.45, 7) is 2.09. The topological polar surface area (TPSA) is 71.3 Å². The van der Waals surface area contributed by atoms with Gasteiger partial charge < -0.3 is 14.8 Å². The fraction of sp³-hybridized carbons (Fsp3) is 0.120. The van der Waals surface area contributed by atoms with Crippen molar-refractivity contribution in [2.45, 2.75) is 13.5 Å². The van der Waals surface area contributed by atoms with Crippen molar-refractivity contribution >= 4 is 51.9 Å². The summed E-state index contributed by atoms with van der Waals surface area (Å²) < 4.78 is 25.2. The highest BCUT2D eigenvalue weighted by Gasteiger charge is 2.15. The Bertz CT molecular complexity index is 1250. The van der Waals surface area contributed by atoms with Gasteiger partial charge in [0.15, 0.2) is 11.5 Å². The third-order valence-corrected chi connectivity index (χ3v) is 5.86. The Balaban J connectivity index is 1.81. The molecule has 0 aromatic heterocycles. The molecule has 0 fully saturated rings.